The van der Waals surface area contributed by atoms with Crippen LogP contribution in [0.1, 0.15) is 25.7 Å². The lowest BCUT2D eigenvalue weighted by Crippen LogP contribution is -2.35. The fourth-order valence-corrected chi connectivity index (χ4v) is 1.70. The van der Waals surface area contributed by atoms with Gasteiger partial charge in [-0.3, -0.25) is 9.59 Å². The Morgan fingerprint density at radius 3 is 2.47 bits per heavy atom. The van der Waals surface area contributed by atoms with E-state index in [4.69, 9.17) is 0 Å². The highest BCUT2D eigenvalue weighted by Crippen LogP contribution is 2.07. The van der Waals surface area contributed by atoms with Crippen LogP contribution in [0.3, 0.4) is 0 Å². The Bertz CT molecular complexity index is 229. The van der Waals surface area contributed by atoms with E-state index in [0.717, 1.165) is 26.1 Å². The molecule has 0 atom stereocenters. The Labute approximate surface area is 91.2 Å². The molecule has 1 aliphatic rings. The first-order valence-electron chi connectivity index (χ1n) is 5.54. The number of likely N-dealkylation sites (tertiary alicyclic amines) is 1. The predicted molar refractivity (Wildman–Crippen MR) is 58.6 cm³/mol. The Hall–Kier alpha value is -0.900. The molecule has 86 valence electrons. The Morgan fingerprint density at radius 1 is 1.33 bits per heavy atom. The Morgan fingerprint density at radius 2 is 1.93 bits per heavy atom. The number of piperidine rings is 1. The second kappa shape index (κ2) is 5.85. The van der Waals surface area contributed by atoms with Crippen LogP contribution in [0.4, 0.5) is 0 Å². The van der Waals surface area contributed by atoms with Crippen molar-refractivity contribution in [2.24, 2.45) is 0 Å². The van der Waals surface area contributed by atoms with Crippen LogP contribution >= 0.6 is 0 Å². The molecular weight excluding hydrogens is 192 g/mol. The van der Waals surface area contributed by atoms with Gasteiger partial charge in [-0.1, -0.05) is 0 Å². The zero-order valence-electron chi connectivity index (χ0n) is 9.66. The maximum atomic E-state index is 11.3. The number of hydrogen-bond donors (Lipinski definition) is 0. The SMILES string of the molecule is CN(C)C(=O)CCCN1CCC(=O)CC1. The van der Waals surface area contributed by atoms with Gasteiger partial charge in [0.1, 0.15) is 5.78 Å². The number of rotatable bonds is 4. The van der Waals surface area contributed by atoms with Crippen molar-refractivity contribution in [3.8, 4) is 0 Å². The second-order valence-corrected chi connectivity index (χ2v) is 4.27. The molecule has 0 unspecified atom stereocenters. The van der Waals surface area contributed by atoms with Gasteiger partial charge in [0, 0.05) is 46.4 Å². The summed E-state index contributed by atoms with van der Waals surface area (Å²) in [5, 5.41) is 0. The van der Waals surface area contributed by atoms with Crippen LogP contribution in [-0.4, -0.2) is 55.2 Å². The van der Waals surface area contributed by atoms with Crippen LogP contribution in [0.2, 0.25) is 0 Å². The van der Waals surface area contributed by atoms with Gasteiger partial charge in [0.05, 0.1) is 0 Å². The third kappa shape index (κ3) is 4.42. The van der Waals surface area contributed by atoms with E-state index < -0.39 is 0 Å². The molecule has 0 aromatic carbocycles. The van der Waals surface area contributed by atoms with Crippen molar-refractivity contribution >= 4 is 11.7 Å². The van der Waals surface area contributed by atoms with E-state index in [0.29, 0.717) is 25.0 Å². The fourth-order valence-electron chi connectivity index (χ4n) is 1.70. The van der Waals surface area contributed by atoms with Crippen molar-refractivity contribution in [2.45, 2.75) is 25.7 Å². The summed E-state index contributed by atoms with van der Waals surface area (Å²) in [6.07, 6.45) is 2.87. The van der Waals surface area contributed by atoms with Gasteiger partial charge in [-0.15, -0.1) is 0 Å². The van der Waals surface area contributed by atoms with Crippen LogP contribution in [0.15, 0.2) is 0 Å². The maximum absolute atomic E-state index is 11.3. The molecule has 1 amide bonds. The van der Waals surface area contributed by atoms with Gasteiger partial charge in [-0.25, -0.2) is 0 Å². The standard InChI is InChI=1S/C11H20N2O2/c1-12(2)11(15)4-3-7-13-8-5-10(14)6-9-13/h3-9H2,1-2H3. The summed E-state index contributed by atoms with van der Waals surface area (Å²) in [7, 11) is 3.56. The first kappa shape index (κ1) is 12.2. The molecule has 4 heteroatoms. The van der Waals surface area contributed by atoms with E-state index in [1.54, 1.807) is 19.0 Å². The Kier molecular flexibility index (Phi) is 4.75. The van der Waals surface area contributed by atoms with E-state index in [1.165, 1.54) is 0 Å². The quantitative estimate of drug-likeness (QED) is 0.682. The normalized spacial score (nSPS) is 17.9. The summed E-state index contributed by atoms with van der Waals surface area (Å²) in [5.41, 5.74) is 0. The highest BCUT2D eigenvalue weighted by Gasteiger charge is 2.15. The molecule has 1 saturated heterocycles. The molecule has 1 aliphatic heterocycles. The lowest BCUT2D eigenvalue weighted by atomic mass is 10.1. The summed E-state index contributed by atoms with van der Waals surface area (Å²) in [6.45, 7) is 2.68. The molecule has 0 N–H and O–H groups in total. The minimum Gasteiger partial charge on any atom is -0.349 e. The molecule has 1 rings (SSSR count). The van der Waals surface area contributed by atoms with E-state index in [2.05, 4.69) is 4.90 Å². The van der Waals surface area contributed by atoms with Crippen molar-refractivity contribution < 1.29 is 9.59 Å². The van der Waals surface area contributed by atoms with Gasteiger partial charge >= 0.3 is 0 Å². The fraction of sp³-hybridized carbons (Fsp3) is 0.818. The van der Waals surface area contributed by atoms with Gasteiger partial charge < -0.3 is 9.80 Å². The van der Waals surface area contributed by atoms with Crippen LogP contribution in [0.25, 0.3) is 0 Å². The van der Waals surface area contributed by atoms with Crippen molar-refractivity contribution in [2.75, 3.05) is 33.7 Å². The van der Waals surface area contributed by atoms with E-state index in [9.17, 15) is 9.59 Å². The lowest BCUT2D eigenvalue weighted by molar-refractivity contribution is -0.129. The van der Waals surface area contributed by atoms with Crippen LogP contribution in [-0.2, 0) is 9.59 Å². The summed E-state index contributed by atoms with van der Waals surface area (Å²) in [6, 6.07) is 0. The molecule has 0 aromatic rings. The molecule has 0 radical (unpaired) electrons. The molecule has 0 aromatic heterocycles. The van der Waals surface area contributed by atoms with E-state index in [-0.39, 0.29) is 5.91 Å². The molecule has 0 aliphatic carbocycles. The number of amides is 1. The number of Topliss-reactive ketones (excluding diaryl/α,β-unsaturated/α-hetero) is 1. The average molecular weight is 212 g/mol. The van der Waals surface area contributed by atoms with Crippen LogP contribution < -0.4 is 0 Å². The smallest absolute Gasteiger partial charge is 0.222 e. The number of nitrogens with zero attached hydrogens (tertiary/aromatic N) is 2. The second-order valence-electron chi connectivity index (χ2n) is 4.27. The molecule has 0 spiro atoms. The number of carbonyl (C=O) groups is 2. The summed E-state index contributed by atoms with van der Waals surface area (Å²) < 4.78 is 0. The maximum Gasteiger partial charge on any atom is 0.222 e. The number of hydrogen-bond acceptors (Lipinski definition) is 3. The van der Waals surface area contributed by atoms with Crippen molar-refractivity contribution in [1.82, 2.24) is 9.80 Å². The van der Waals surface area contributed by atoms with E-state index >= 15 is 0 Å². The van der Waals surface area contributed by atoms with Gasteiger partial charge in [-0.05, 0) is 13.0 Å². The van der Waals surface area contributed by atoms with Gasteiger partial charge in [0.2, 0.25) is 5.91 Å². The first-order chi connectivity index (χ1) is 7.09. The van der Waals surface area contributed by atoms with Crippen LogP contribution in [0.5, 0.6) is 0 Å². The zero-order chi connectivity index (χ0) is 11.3. The molecule has 4 nitrogen and oxygen atoms in total. The highest BCUT2D eigenvalue weighted by atomic mass is 16.2. The van der Waals surface area contributed by atoms with Crippen molar-refractivity contribution in [3.05, 3.63) is 0 Å². The molecule has 0 saturated carbocycles. The van der Waals surface area contributed by atoms with E-state index in [1.807, 2.05) is 0 Å². The monoisotopic (exact) mass is 212 g/mol. The predicted octanol–water partition coefficient (Wildman–Crippen LogP) is 0.520. The van der Waals surface area contributed by atoms with Gasteiger partial charge in [0.25, 0.3) is 0 Å². The van der Waals surface area contributed by atoms with Crippen molar-refractivity contribution in [3.63, 3.8) is 0 Å². The van der Waals surface area contributed by atoms with Crippen molar-refractivity contribution in [1.29, 1.82) is 0 Å². The third-order valence-corrected chi connectivity index (χ3v) is 2.78. The summed E-state index contributed by atoms with van der Waals surface area (Å²) in [4.78, 5) is 26.2. The molecule has 1 fully saturated rings. The number of carbonyl (C=O) groups excluding carboxylic acids is 2. The highest BCUT2D eigenvalue weighted by molar-refractivity contribution is 5.79. The minimum absolute atomic E-state index is 0.183. The summed E-state index contributed by atoms with van der Waals surface area (Å²) >= 11 is 0. The van der Waals surface area contributed by atoms with Gasteiger partial charge in [0.15, 0.2) is 0 Å². The minimum atomic E-state index is 0.183. The van der Waals surface area contributed by atoms with Gasteiger partial charge in [-0.2, -0.15) is 0 Å². The topological polar surface area (TPSA) is 40.6 Å². The molecular formula is C11H20N2O2. The number of ketones is 1. The first-order valence-corrected chi connectivity index (χ1v) is 5.54. The molecule has 15 heavy (non-hydrogen) atoms. The Balaban J connectivity index is 2.10. The largest absolute Gasteiger partial charge is 0.349 e. The van der Waals surface area contributed by atoms with Crippen LogP contribution in [0, 0.1) is 0 Å². The average Bonchev–Trinajstić information content (AvgIpc) is 2.20. The zero-order valence-corrected chi connectivity index (χ0v) is 9.66. The third-order valence-electron chi connectivity index (χ3n) is 2.78. The molecule has 0 bridgehead atoms. The lowest BCUT2D eigenvalue weighted by Gasteiger charge is -2.25. The summed E-state index contributed by atoms with van der Waals surface area (Å²) in [5.74, 6) is 0.554. The molecule has 1 heterocycles.